The summed E-state index contributed by atoms with van der Waals surface area (Å²) in [5.74, 6) is 0.515. The topological polar surface area (TPSA) is 150 Å². The van der Waals surface area contributed by atoms with Crippen LogP contribution in [-0.4, -0.2) is 57.8 Å². The summed E-state index contributed by atoms with van der Waals surface area (Å²) < 4.78 is 109. The number of unbranched alkanes of at least 4 members (excludes halogenated alkanes) is 12. The van der Waals surface area contributed by atoms with Gasteiger partial charge in [-0.15, -0.1) is 0 Å². The molecule has 0 aromatic rings. The van der Waals surface area contributed by atoms with Crippen LogP contribution in [0.2, 0.25) is 0 Å². The Morgan fingerprint density at radius 1 is 0.585 bits per heavy atom. The molecule has 248 valence electrons. The maximum Gasteiger partial charge on any atom is 0.480 e. The van der Waals surface area contributed by atoms with Gasteiger partial charge >= 0.3 is 11.0 Å². The van der Waals surface area contributed by atoms with Gasteiger partial charge in [-0.2, -0.15) is 26.3 Å². The molecule has 0 spiro atoms. The van der Waals surface area contributed by atoms with Crippen molar-refractivity contribution in [1.29, 1.82) is 0 Å². The Kier molecular flexibility index (Phi) is 24.2. The lowest BCUT2D eigenvalue weighted by Gasteiger charge is -2.22. The highest BCUT2D eigenvalue weighted by Crippen LogP contribution is 2.36. The van der Waals surface area contributed by atoms with Crippen LogP contribution >= 0.6 is 0 Å². The van der Waals surface area contributed by atoms with Crippen molar-refractivity contribution in [2.24, 2.45) is 5.92 Å². The first-order valence-electron chi connectivity index (χ1n) is 14.1. The van der Waals surface area contributed by atoms with E-state index >= 15 is 0 Å². The first-order valence-corrected chi connectivity index (χ1v) is 17.0. The van der Waals surface area contributed by atoms with E-state index in [-0.39, 0.29) is 13.2 Å². The number of allylic oxidation sites excluding steroid dienone is 2. The van der Waals surface area contributed by atoms with Gasteiger partial charge in [-0.05, 0) is 57.3 Å². The summed E-state index contributed by atoms with van der Waals surface area (Å²) in [6.07, 6.45) is 26.3. The lowest BCUT2D eigenvalue weighted by Crippen LogP contribution is -2.50. The normalized spacial score (nSPS) is 13.1. The summed E-state index contributed by atoms with van der Waals surface area (Å²) >= 11 is 0. The smallest absolute Gasteiger partial charge is 0.421 e. The minimum absolute atomic E-state index is 0.258. The SMILES string of the molecule is O=S(=O)([N-]S(=O)(=O)C(F)(F)F)C(F)(F)F.[NH3+]CCCCCCCCC/C=C\CCCCCCCC(CCO)CCO. The van der Waals surface area contributed by atoms with Gasteiger partial charge in [-0.1, -0.05) is 69.9 Å². The Hall–Kier alpha value is -0.940. The van der Waals surface area contributed by atoms with Crippen molar-refractivity contribution in [2.75, 3.05) is 19.8 Å². The van der Waals surface area contributed by atoms with E-state index in [4.69, 9.17) is 10.2 Å². The molecule has 0 amide bonds. The van der Waals surface area contributed by atoms with Crippen molar-refractivity contribution >= 4 is 20.0 Å². The molecule has 0 aromatic heterocycles. The lowest BCUT2D eigenvalue weighted by molar-refractivity contribution is -0.368. The molecular weight excluding hydrogens is 602 g/mol. The van der Waals surface area contributed by atoms with Gasteiger partial charge in [0, 0.05) is 13.2 Å². The van der Waals surface area contributed by atoms with Crippen molar-refractivity contribution in [3.63, 3.8) is 0 Å². The van der Waals surface area contributed by atoms with Crippen LogP contribution in [0.4, 0.5) is 26.3 Å². The number of nitrogens with zero attached hydrogens (tertiary/aromatic N) is 1. The van der Waals surface area contributed by atoms with Crippen molar-refractivity contribution in [2.45, 2.75) is 120 Å². The second kappa shape index (κ2) is 23.5. The second-order valence-electron chi connectivity index (χ2n) is 9.74. The monoisotopic (exact) mass is 650 g/mol. The quantitative estimate of drug-likeness (QED) is 0.0693. The molecule has 0 aliphatic rings. The third-order valence-electron chi connectivity index (χ3n) is 6.13. The van der Waals surface area contributed by atoms with E-state index in [9.17, 15) is 43.2 Å². The number of halogens is 6. The number of aliphatic hydroxyl groups excluding tert-OH is 2. The number of alkyl halides is 6. The Morgan fingerprint density at radius 2 is 0.927 bits per heavy atom. The zero-order valence-electron chi connectivity index (χ0n) is 23.6. The van der Waals surface area contributed by atoms with Crippen molar-refractivity contribution in [3.05, 3.63) is 16.3 Å². The predicted molar refractivity (Wildman–Crippen MR) is 146 cm³/mol. The van der Waals surface area contributed by atoms with Crippen molar-refractivity contribution in [3.8, 4) is 0 Å². The molecule has 0 aliphatic carbocycles. The Labute approximate surface area is 241 Å². The zero-order valence-corrected chi connectivity index (χ0v) is 25.3. The van der Waals surface area contributed by atoms with E-state index in [0.717, 1.165) is 29.9 Å². The van der Waals surface area contributed by atoms with E-state index in [1.807, 2.05) is 0 Å². The molecule has 16 heteroatoms. The standard InChI is InChI=1S/C23H47NO2.C2F6NO4S2/c24-20-16-14-12-10-8-6-4-2-1-3-5-7-9-11-13-15-17-23(18-21-25)19-22-26;3-1(4,5)14(10,11)9-15(12,13)2(6,7)8/h1,3,23,25-26H,2,4-22,24H2;/q;-1/p+1/b3-1-;. The van der Waals surface area contributed by atoms with Gasteiger partial charge in [-0.25, -0.2) is 16.8 Å². The minimum Gasteiger partial charge on any atom is -0.421 e. The zero-order chi connectivity index (χ0) is 31.8. The maximum atomic E-state index is 11.4. The summed E-state index contributed by atoms with van der Waals surface area (Å²) in [5.41, 5.74) is -8.52. The molecule has 5 N–H and O–H groups in total. The van der Waals surface area contributed by atoms with Crippen molar-refractivity contribution < 1.29 is 59.1 Å². The molecule has 0 aromatic carbocycles. The van der Waals surface area contributed by atoms with Crippen LogP contribution in [0.15, 0.2) is 12.2 Å². The fourth-order valence-electron chi connectivity index (χ4n) is 3.80. The third-order valence-corrected chi connectivity index (χ3v) is 8.87. The molecule has 0 aliphatic heterocycles. The van der Waals surface area contributed by atoms with Crippen LogP contribution in [0.1, 0.15) is 109 Å². The van der Waals surface area contributed by atoms with E-state index in [1.165, 1.54) is 89.9 Å². The molecule has 0 saturated carbocycles. The molecular formula is C25H48F6N2O6S2. The number of hydrogen-bond acceptors (Lipinski definition) is 6. The lowest BCUT2D eigenvalue weighted by atomic mass is 9.95. The number of sulfonamides is 2. The maximum absolute atomic E-state index is 11.4. The molecule has 8 nitrogen and oxygen atoms in total. The third kappa shape index (κ3) is 23.2. The van der Waals surface area contributed by atoms with Crippen LogP contribution in [0.25, 0.3) is 4.13 Å². The minimum atomic E-state index is -6.72. The van der Waals surface area contributed by atoms with Crippen LogP contribution < -0.4 is 5.73 Å². The Balaban J connectivity index is 0. The number of hydrogen-bond donors (Lipinski definition) is 3. The summed E-state index contributed by atoms with van der Waals surface area (Å²) in [6, 6.07) is 0. The highest BCUT2D eigenvalue weighted by atomic mass is 32.3. The van der Waals surface area contributed by atoms with E-state index < -0.39 is 31.1 Å². The van der Waals surface area contributed by atoms with Crippen LogP contribution in [0.3, 0.4) is 0 Å². The number of rotatable bonds is 23. The average Bonchev–Trinajstić information content (AvgIpc) is 2.84. The molecule has 0 saturated heterocycles. The van der Waals surface area contributed by atoms with Crippen molar-refractivity contribution in [1.82, 2.24) is 0 Å². The average molecular weight is 651 g/mol. The molecule has 0 heterocycles. The molecule has 0 rings (SSSR count). The molecule has 0 unspecified atom stereocenters. The first kappa shape index (κ1) is 42.2. The molecule has 0 bridgehead atoms. The summed E-state index contributed by atoms with van der Waals surface area (Å²) in [4.78, 5) is 0. The van der Waals surface area contributed by atoms with Gasteiger partial charge < -0.3 is 20.1 Å². The fourth-order valence-corrected chi connectivity index (χ4v) is 5.51. The fraction of sp³-hybridized carbons (Fsp3) is 0.920. The number of aliphatic hydroxyl groups is 2. The summed E-state index contributed by atoms with van der Waals surface area (Å²) in [7, 11) is -13.4. The summed E-state index contributed by atoms with van der Waals surface area (Å²) in [6.45, 7) is 1.61. The Morgan fingerprint density at radius 3 is 1.27 bits per heavy atom. The van der Waals surface area contributed by atoms with Gasteiger partial charge in [-0.3, -0.25) is 0 Å². The number of quaternary nitrogens is 1. The molecule has 0 fully saturated rings. The van der Waals surface area contributed by atoms with Crippen LogP contribution in [0.5, 0.6) is 0 Å². The van der Waals surface area contributed by atoms with E-state index in [0.29, 0.717) is 5.92 Å². The Bertz CT molecular complexity index is 819. The largest absolute Gasteiger partial charge is 0.480 e. The van der Waals surface area contributed by atoms with Gasteiger partial charge in [0.05, 0.1) is 6.54 Å². The molecule has 0 atom stereocenters. The van der Waals surface area contributed by atoms with Gasteiger partial charge in [0.15, 0.2) is 20.0 Å². The molecule has 0 radical (unpaired) electrons. The second-order valence-corrected chi connectivity index (χ2v) is 13.2. The highest BCUT2D eigenvalue weighted by molar-refractivity contribution is 8.13. The molecule has 41 heavy (non-hydrogen) atoms. The highest BCUT2D eigenvalue weighted by Gasteiger charge is 2.46. The predicted octanol–water partition coefficient (Wildman–Crippen LogP) is 6.08. The van der Waals surface area contributed by atoms with Gasteiger partial charge in [0.1, 0.15) is 0 Å². The van der Waals surface area contributed by atoms with E-state index in [1.54, 1.807) is 0 Å². The first-order chi connectivity index (χ1) is 19.1. The summed E-state index contributed by atoms with van der Waals surface area (Å²) in [5, 5.41) is 18.0. The van der Waals surface area contributed by atoms with Gasteiger partial charge in [0.2, 0.25) is 0 Å². The van der Waals surface area contributed by atoms with Gasteiger partial charge in [0.25, 0.3) is 0 Å². The van der Waals surface area contributed by atoms with Crippen LogP contribution in [-0.2, 0) is 20.0 Å². The van der Waals surface area contributed by atoms with Crippen LogP contribution in [0, 0.1) is 5.92 Å². The van der Waals surface area contributed by atoms with E-state index in [2.05, 4.69) is 17.9 Å².